The molecule has 2 aromatic rings. The van der Waals surface area contributed by atoms with Gasteiger partial charge in [-0.1, -0.05) is 39.1 Å². The van der Waals surface area contributed by atoms with E-state index in [1.54, 1.807) is 12.1 Å². The van der Waals surface area contributed by atoms with Crippen LogP contribution in [0.5, 0.6) is 17.2 Å². The zero-order valence-electron chi connectivity index (χ0n) is 15.9. The molecule has 3 rings (SSSR count). The lowest BCUT2D eigenvalue weighted by atomic mass is 10.1. The number of hydrogen-bond donors (Lipinski definition) is 1. The summed E-state index contributed by atoms with van der Waals surface area (Å²) >= 11 is 15.6. The zero-order chi connectivity index (χ0) is 22.5. The summed E-state index contributed by atoms with van der Waals surface area (Å²) in [4.78, 5) is -0.401. The highest BCUT2D eigenvalue weighted by Gasteiger charge is 2.46. The van der Waals surface area contributed by atoms with Crippen LogP contribution in [-0.2, 0) is 19.9 Å². The Morgan fingerprint density at radius 1 is 1.13 bits per heavy atom. The van der Waals surface area contributed by atoms with Gasteiger partial charge < -0.3 is 9.84 Å². The Labute approximate surface area is 193 Å². The van der Waals surface area contributed by atoms with Crippen LogP contribution >= 0.6 is 39.1 Å². The molecule has 12 heteroatoms. The predicted molar refractivity (Wildman–Crippen MR) is 119 cm³/mol. The number of aromatic hydroxyl groups is 1. The highest BCUT2D eigenvalue weighted by molar-refractivity contribution is 9.10. The largest absolute Gasteiger partial charge is 0.507 e. The van der Waals surface area contributed by atoms with Gasteiger partial charge in [0.25, 0.3) is 0 Å². The van der Waals surface area contributed by atoms with Gasteiger partial charge in [-0.2, -0.15) is 4.31 Å². The molecule has 2 aromatic carbocycles. The van der Waals surface area contributed by atoms with Crippen LogP contribution in [-0.4, -0.2) is 50.3 Å². The first kappa shape index (κ1) is 23.6. The van der Waals surface area contributed by atoms with E-state index in [-0.39, 0.29) is 41.1 Å². The van der Waals surface area contributed by atoms with Crippen molar-refractivity contribution in [2.45, 2.75) is 23.0 Å². The molecular weight excluding hydrogens is 541 g/mol. The first-order chi connectivity index (χ1) is 13.7. The summed E-state index contributed by atoms with van der Waals surface area (Å²) in [5, 5.41) is 10.6. The van der Waals surface area contributed by atoms with Crippen LogP contribution in [0.3, 0.4) is 0 Å². The molecule has 1 aliphatic heterocycles. The second-order valence-electron chi connectivity index (χ2n) is 7.24. The Hall–Kier alpha value is -1.04. The van der Waals surface area contributed by atoms with E-state index < -0.39 is 35.3 Å². The maximum atomic E-state index is 13.1. The third-order valence-corrected chi connectivity index (χ3v) is 10.0. The highest BCUT2D eigenvalue weighted by atomic mass is 79.9. The highest BCUT2D eigenvalue weighted by Crippen LogP contribution is 2.41. The lowest BCUT2D eigenvalue weighted by Gasteiger charge is -2.23. The lowest BCUT2D eigenvalue weighted by Crippen LogP contribution is -2.39. The maximum absolute atomic E-state index is 13.1. The molecule has 0 aliphatic carbocycles. The summed E-state index contributed by atoms with van der Waals surface area (Å²) in [6.07, 6.45) is 1.24. The van der Waals surface area contributed by atoms with E-state index in [1.807, 2.05) is 0 Å². The number of sulfonamides is 1. The number of sulfone groups is 1. The van der Waals surface area contributed by atoms with E-state index in [0.717, 1.165) is 16.6 Å². The first-order valence-electron chi connectivity index (χ1n) is 8.60. The summed E-state index contributed by atoms with van der Waals surface area (Å²) < 4.78 is 56.5. The van der Waals surface area contributed by atoms with Crippen molar-refractivity contribution in [2.75, 3.05) is 19.3 Å². The van der Waals surface area contributed by atoms with Crippen molar-refractivity contribution in [3.63, 3.8) is 0 Å². The summed E-state index contributed by atoms with van der Waals surface area (Å²) in [5.41, 5.74) is 0. The van der Waals surface area contributed by atoms with Crippen LogP contribution in [0.25, 0.3) is 0 Å². The van der Waals surface area contributed by atoms with Gasteiger partial charge in [-0.25, -0.2) is 16.8 Å². The fourth-order valence-electron chi connectivity index (χ4n) is 3.05. The Bertz CT molecular complexity index is 1200. The van der Waals surface area contributed by atoms with E-state index in [0.29, 0.717) is 4.47 Å². The van der Waals surface area contributed by atoms with Gasteiger partial charge in [-0.15, -0.1) is 0 Å². The van der Waals surface area contributed by atoms with Crippen molar-refractivity contribution in [3.8, 4) is 17.2 Å². The molecule has 164 valence electrons. The Morgan fingerprint density at radius 2 is 1.73 bits per heavy atom. The van der Waals surface area contributed by atoms with Gasteiger partial charge in [-0.05, 0) is 37.6 Å². The Kier molecular flexibility index (Phi) is 6.41. The SMILES string of the molecule is C[C@]1(S(C)(=O)=O)CCN(S(=O)(=O)c2cc(Oc3c(Cl)cc(Br)cc3Cl)ccc2O)C1. The minimum absolute atomic E-state index is 0.0147. The van der Waals surface area contributed by atoms with E-state index in [4.69, 9.17) is 27.9 Å². The Morgan fingerprint density at radius 3 is 2.27 bits per heavy atom. The number of nitrogens with zero attached hydrogens (tertiary/aromatic N) is 1. The molecule has 1 saturated heterocycles. The fraction of sp³-hybridized carbons (Fsp3) is 0.333. The van der Waals surface area contributed by atoms with Gasteiger partial charge in [-0.3, -0.25) is 0 Å². The third-order valence-electron chi connectivity index (χ3n) is 5.03. The molecule has 1 fully saturated rings. The van der Waals surface area contributed by atoms with Crippen molar-refractivity contribution in [1.29, 1.82) is 0 Å². The van der Waals surface area contributed by atoms with Crippen molar-refractivity contribution in [2.24, 2.45) is 0 Å². The van der Waals surface area contributed by atoms with Crippen LogP contribution in [0.15, 0.2) is 39.7 Å². The van der Waals surface area contributed by atoms with Crippen molar-refractivity contribution < 1.29 is 26.7 Å². The van der Waals surface area contributed by atoms with Gasteiger partial charge in [0, 0.05) is 29.9 Å². The number of phenols is 1. The topological polar surface area (TPSA) is 101 Å². The third kappa shape index (κ3) is 4.44. The lowest BCUT2D eigenvalue weighted by molar-refractivity contribution is 0.433. The molecular formula is C18H18BrCl2NO6S2. The number of phenolic OH excluding ortho intramolecular Hbond substituents is 1. The smallest absolute Gasteiger partial charge is 0.246 e. The first-order valence-corrected chi connectivity index (χ1v) is 13.5. The van der Waals surface area contributed by atoms with E-state index in [9.17, 15) is 21.9 Å². The second kappa shape index (κ2) is 8.14. The number of halogens is 3. The minimum atomic E-state index is -4.18. The maximum Gasteiger partial charge on any atom is 0.246 e. The molecule has 1 N–H and O–H groups in total. The quantitative estimate of drug-likeness (QED) is 0.581. The monoisotopic (exact) mass is 557 g/mol. The summed E-state index contributed by atoms with van der Waals surface area (Å²) in [7, 11) is -7.65. The molecule has 0 saturated carbocycles. The molecule has 0 amide bonds. The predicted octanol–water partition coefficient (Wildman–Crippen LogP) is 4.45. The minimum Gasteiger partial charge on any atom is -0.507 e. The van der Waals surface area contributed by atoms with E-state index in [1.165, 1.54) is 19.1 Å². The average molecular weight is 559 g/mol. The number of rotatable bonds is 5. The standard InChI is InChI=1S/C18H18BrCl2NO6S2/c1-18(29(2,24)25)5-6-22(10-18)30(26,27)16-9-12(3-4-15(16)23)28-17-13(20)7-11(19)8-14(17)21/h3-4,7-9,23H,5-6,10H2,1-2H3/t18-/m0/s1. The Balaban J connectivity index is 1.96. The molecule has 7 nitrogen and oxygen atoms in total. The van der Waals surface area contributed by atoms with Crippen molar-refractivity contribution >= 4 is 59.0 Å². The summed E-state index contributed by atoms with van der Waals surface area (Å²) in [5.74, 6) is -0.271. The molecule has 1 aliphatic rings. The van der Waals surface area contributed by atoms with E-state index >= 15 is 0 Å². The number of ether oxygens (including phenoxy) is 1. The van der Waals surface area contributed by atoms with Crippen molar-refractivity contribution in [1.82, 2.24) is 4.31 Å². The van der Waals surface area contributed by atoms with E-state index in [2.05, 4.69) is 15.9 Å². The van der Waals surface area contributed by atoms with Crippen LogP contribution in [0.2, 0.25) is 10.0 Å². The van der Waals surface area contributed by atoms with Gasteiger partial charge in [0.05, 0.1) is 14.8 Å². The number of benzene rings is 2. The molecule has 30 heavy (non-hydrogen) atoms. The average Bonchev–Trinajstić information content (AvgIpc) is 3.03. The summed E-state index contributed by atoms with van der Waals surface area (Å²) in [6.45, 7) is 1.32. The van der Waals surface area contributed by atoms with Crippen LogP contribution in [0.4, 0.5) is 0 Å². The number of hydrogen-bond acceptors (Lipinski definition) is 6. The summed E-state index contributed by atoms with van der Waals surface area (Å²) in [6, 6.07) is 6.83. The van der Waals surface area contributed by atoms with Crippen LogP contribution in [0, 0.1) is 0 Å². The van der Waals surface area contributed by atoms with Crippen molar-refractivity contribution in [3.05, 3.63) is 44.8 Å². The molecule has 0 radical (unpaired) electrons. The van der Waals surface area contributed by atoms with Gasteiger partial charge in [0.2, 0.25) is 10.0 Å². The molecule has 0 unspecified atom stereocenters. The van der Waals surface area contributed by atoms with Gasteiger partial charge >= 0.3 is 0 Å². The zero-order valence-corrected chi connectivity index (χ0v) is 20.6. The normalized spacial score (nSPS) is 20.4. The van der Waals surface area contributed by atoms with Gasteiger partial charge in [0.1, 0.15) is 16.4 Å². The second-order valence-corrected chi connectivity index (χ2v) is 13.4. The molecule has 0 aromatic heterocycles. The van der Waals surface area contributed by atoms with Gasteiger partial charge in [0.15, 0.2) is 15.6 Å². The molecule has 1 atom stereocenters. The molecule has 1 heterocycles. The molecule has 0 bridgehead atoms. The molecule has 0 spiro atoms. The fourth-order valence-corrected chi connectivity index (χ4v) is 6.93. The van der Waals surface area contributed by atoms with Crippen LogP contribution in [0.1, 0.15) is 13.3 Å². The van der Waals surface area contributed by atoms with Crippen LogP contribution < -0.4 is 4.74 Å².